The van der Waals surface area contributed by atoms with E-state index in [0.717, 1.165) is 39.9 Å². The van der Waals surface area contributed by atoms with E-state index in [4.69, 9.17) is 0 Å². The smallest absolute Gasteiger partial charge is 0.237 e. The fourth-order valence-corrected chi connectivity index (χ4v) is 4.17. The van der Waals surface area contributed by atoms with Crippen LogP contribution in [-0.4, -0.2) is 16.9 Å². The van der Waals surface area contributed by atoms with Crippen LogP contribution in [0.3, 0.4) is 0 Å². The second kappa shape index (κ2) is 8.65. The molecule has 6 heteroatoms. The first-order valence-electron chi connectivity index (χ1n) is 8.60. The maximum Gasteiger partial charge on any atom is 0.237 e. The number of ketones is 1. The molecule has 0 aliphatic carbocycles. The van der Waals surface area contributed by atoms with Crippen LogP contribution < -0.4 is 5.32 Å². The van der Waals surface area contributed by atoms with Gasteiger partial charge < -0.3 is 5.32 Å². The molecule has 2 aromatic rings. The normalized spacial score (nSPS) is 12.0. The second-order valence-corrected chi connectivity index (χ2v) is 7.94. The summed E-state index contributed by atoms with van der Waals surface area (Å²) in [6, 6.07) is 5.01. The zero-order valence-corrected chi connectivity index (χ0v) is 16.9. The summed E-state index contributed by atoms with van der Waals surface area (Å²) in [5.41, 5.74) is 4.66. The number of aryl methyl sites for hydroxylation is 2. The van der Waals surface area contributed by atoms with Crippen molar-refractivity contribution in [3.05, 3.63) is 63.7 Å². The molecule has 0 aliphatic heterocycles. The summed E-state index contributed by atoms with van der Waals surface area (Å²) in [7, 11) is 0. The highest BCUT2D eigenvalue weighted by atomic mass is 32.2. The van der Waals surface area contributed by atoms with Gasteiger partial charge in [-0.05, 0) is 69.0 Å². The Hall–Kier alpha value is -2.21. The van der Waals surface area contributed by atoms with Gasteiger partial charge in [-0.1, -0.05) is 6.07 Å². The Morgan fingerprint density at radius 2 is 1.78 bits per heavy atom. The molecule has 27 heavy (non-hydrogen) atoms. The Bertz CT molecular complexity index is 896. The fourth-order valence-electron chi connectivity index (χ4n) is 3.10. The van der Waals surface area contributed by atoms with E-state index in [2.05, 4.69) is 5.32 Å². The van der Waals surface area contributed by atoms with Gasteiger partial charge in [-0.2, -0.15) is 0 Å². The van der Waals surface area contributed by atoms with Gasteiger partial charge in [0.05, 0.1) is 10.9 Å². The maximum absolute atomic E-state index is 13.7. The number of rotatable bonds is 6. The molecule has 1 atom stereocenters. The standard InChI is InChI=1S/C21H23F2NO2S/c1-11-8-12(2)20(14(4)25)13(3)17(11)10-27-15(5)21(26)24-19-7-6-16(22)9-18(19)23/h6-9,15H,10H2,1-5H3,(H,24,26). The number of amides is 1. The SMILES string of the molecule is CC(=O)c1c(C)cc(C)c(CSC(C)C(=O)Nc2ccc(F)cc2F)c1C. The van der Waals surface area contributed by atoms with Crippen LogP contribution in [0, 0.1) is 32.4 Å². The molecule has 1 unspecified atom stereocenters. The highest BCUT2D eigenvalue weighted by Crippen LogP contribution is 2.28. The van der Waals surface area contributed by atoms with Crippen LogP contribution in [0.1, 0.15) is 46.5 Å². The highest BCUT2D eigenvalue weighted by Gasteiger charge is 2.19. The van der Waals surface area contributed by atoms with Crippen LogP contribution in [0.4, 0.5) is 14.5 Å². The first kappa shape index (κ1) is 21.1. The zero-order chi connectivity index (χ0) is 20.3. The average molecular weight is 391 g/mol. The summed E-state index contributed by atoms with van der Waals surface area (Å²) in [5.74, 6) is -1.29. The largest absolute Gasteiger partial charge is 0.323 e. The van der Waals surface area contributed by atoms with Gasteiger partial charge in [0.25, 0.3) is 0 Å². The molecule has 0 aromatic heterocycles. The molecule has 2 rings (SSSR count). The summed E-state index contributed by atoms with van der Waals surface area (Å²) < 4.78 is 26.7. The van der Waals surface area contributed by atoms with E-state index in [1.54, 1.807) is 13.8 Å². The number of halogens is 2. The van der Waals surface area contributed by atoms with Gasteiger partial charge in [0, 0.05) is 17.4 Å². The second-order valence-electron chi connectivity index (χ2n) is 6.61. The monoisotopic (exact) mass is 391 g/mol. The Balaban J connectivity index is 2.11. The minimum absolute atomic E-state index is 0.0221. The molecule has 144 valence electrons. The van der Waals surface area contributed by atoms with E-state index >= 15 is 0 Å². The van der Waals surface area contributed by atoms with Gasteiger partial charge in [-0.25, -0.2) is 8.78 Å². The molecule has 0 saturated carbocycles. The number of thioether (sulfide) groups is 1. The van der Waals surface area contributed by atoms with Crippen LogP contribution in [0.25, 0.3) is 0 Å². The highest BCUT2D eigenvalue weighted by molar-refractivity contribution is 7.99. The van der Waals surface area contributed by atoms with E-state index < -0.39 is 16.9 Å². The lowest BCUT2D eigenvalue weighted by Gasteiger charge is -2.18. The van der Waals surface area contributed by atoms with Gasteiger partial charge in [0.1, 0.15) is 11.6 Å². The summed E-state index contributed by atoms with van der Waals surface area (Å²) in [4.78, 5) is 24.2. The van der Waals surface area contributed by atoms with E-state index in [1.807, 2.05) is 26.8 Å². The van der Waals surface area contributed by atoms with Crippen molar-refractivity contribution in [1.82, 2.24) is 0 Å². The van der Waals surface area contributed by atoms with Crippen molar-refractivity contribution >= 4 is 29.1 Å². The van der Waals surface area contributed by atoms with Crippen LogP contribution >= 0.6 is 11.8 Å². The van der Waals surface area contributed by atoms with Crippen molar-refractivity contribution in [2.45, 2.75) is 45.6 Å². The number of Topliss-reactive ketones (excluding diaryl/α,β-unsaturated/α-hetero) is 1. The van der Waals surface area contributed by atoms with Gasteiger partial charge in [-0.3, -0.25) is 9.59 Å². The number of nitrogens with one attached hydrogen (secondary N) is 1. The van der Waals surface area contributed by atoms with E-state index in [9.17, 15) is 18.4 Å². The van der Waals surface area contributed by atoms with Crippen molar-refractivity contribution in [3.8, 4) is 0 Å². The molecular formula is C21H23F2NO2S. The number of hydrogen-bond acceptors (Lipinski definition) is 3. The molecule has 0 radical (unpaired) electrons. The molecule has 0 bridgehead atoms. The Morgan fingerprint density at radius 1 is 1.11 bits per heavy atom. The molecule has 1 amide bonds. The fraction of sp³-hybridized carbons (Fsp3) is 0.333. The lowest BCUT2D eigenvalue weighted by Crippen LogP contribution is -2.23. The third kappa shape index (κ3) is 4.95. The van der Waals surface area contributed by atoms with Gasteiger partial charge in [0.15, 0.2) is 5.78 Å². The van der Waals surface area contributed by atoms with Crippen molar-refractivity contribution in [1.29, 1.82) is 0 Å². The predicted molar refractivity (Wildman–Crippen MR) is 106 cm³/mol. The minimum Gasteiger partial charge on any atom is -0.323 e. The van der Waals surface area contributed by atoms with Gasteiger partial charge >= 0.3 is 0 Å². The number of carbonyl (C=O) groups excluding carboxylic acids is 2. The van der Waals surface area contributed by atoms with Crippen molar-refractivity contribution in [2.24, 2.45) is 0 Å². The molecule has 0 spiro atoms. The molecular weight excluding hydrogens is 368 g/mol. The van der Waals surface area contributed by atoms with Crippen LogP contribution in [0.5, 0.6) is 0 Å². The number of anilines is 1. The summed E-state index contributed by atoms with van der Waals surface area (Å²) in [5, 5.41) is 2.04. The number of carbonyl (C=O) groups is 2. The third-order valence-corrected chi connectivity index (χ3v) is 5.69. The van der Waals surface area contributed by atoms with Crippen molar-refractivity contribution < 1.29 is 18.4 Å². The quantitative estimate of drug-likeness (QED) is 0.675. The van der Waals surface area contributed by atoms with E-state index in [1.165, 1.54) is 17.8 Å². The van der Waals surface area contributed by atoms with Crippen molar-refractivity contribution in [2.75, 3.05) is 5.32 Å². The van der Waals surface area contributed by atoms with Crippen LogP contribution in [-0.2, 0) is 10.5 Å². The van der Waals surface area contributed by atoms with Crippen LogP contribution in [0.15, 0.2) is 24.3 Å². The van der Waals surface area contributed by atoms with Crippen molar-refractivity contribution in [3.63, 3.8) is 0 Å². The van der Waals surface area contributed by atoms with Gasteiger partial charge in [-0.15, -0.1) is 11.8 Å². The maximum atomic E-state index is 13.7. The minimum atomic E-state index is -0.808. The summed E-state index contributed by atoms with van der Waals surface area (Å²) in [6.45, 7) is 9.10. The Morgan fingerprint density at radius 3 is 2.37 bits per heavy atom. The van der Waals surface area contributed by atoms with E-state index in [0.29, 0.717) is 5.75 Å². The molecule has 0 heterocycles. The Labute approximate surface area is 162 Å². The topological polar surface area (TPSA) is 46.2 Å². The lowest BCUT2D eigenvalue weighted by molar-refractivity contribution is -0.115. The predicted octanol–water partition coefficient (Wildman–Crippen LogP) is 5.35. The summed E-state index contributed by atoms with van der Waals surface area (Å²) in [6.07, 6.45) is 0. The molecule has 1 N–H and O–H groups in total. The van der Waals surface area contributed by atoms with Gasteiger partial charge in [0.2, 0.25) is 5.91 Å². The molecule has 0 aliphatic rings. The van der Waals surface area contributed by atoms with Crippen LogP contribution in [0.2, 0.25) is 0 Å². The molecule has 3 nitrogen and oxygen atoms in total. The summed E-state index contributed by atoms with van der Waals surface area (Å²) >= 11 is 1.40. The van der Waals surface area contributed by atoms with E-state index in [-0.39, 0.29) is 17.4 Å². The molecule has 2 aromatic carbocycles. The number of benzene rings is 2. The zero-order valence-electron chi connectivity index (χ0n) is 16.1. The molecule has 0 saturated heterocycles. The Kier molecular flexibility index (Phi) is 6.76. The number of hydrogen-bond donors (Lipinski definition) is 1. The third-order valence-electron chi connectivity index (χ3n) is 4.52. The average Bonchev–Trinajstić information content (AvgIpc) is 2.56. The molecule has 0 fully saturated rings. The first-order chi connectivity index (χ1) is 12.6. The first-order valence-corrected chi connectivity index (χ1v) is 9.64. The lowest BCUT2D eigenvalue weighted by atomic mass is 9.92.